The third-order valence-corrected chi connectivity index (χ3v) is 6.05. The Labute approximate surface area is 180 Å². The van der Waals surface area contributed by atoms with Crippen LogP contribution in [0.25, 0.3) is 6.08 Å². The number of thioether (sulfide) groups is 1. The van der Waals surface area contributed by atoms with Crippen molar-refractivity contribution in [2.24, 2.45) is 4.99 Å². The molecule has 2 saturated heterocycles. The number of rotatable bonds is 3. The van der Waals surface area contributed by atoms with Crippen LogP contribution in [0.1, 0.15) is 21.5 Å². The van der Waals surface area contributed by atoms with E-state index in [0.29, 0.717) is 47.6 Å². The molecule has 2 heterocycles. The Morgan fingerprint density at radius 1 is 1.13 bits per heavy atom. The summed E-state index contributed by atoms with van der Waals surface area (Å²) in [5.74, 6) is -0.108. The highest BCUT2D eigenvalue weighted by Crippen LogP contribution is 2.33. The van der Waals surface area contributed by atoms with Crippen LogP contribution in [0.3, 0.4) is 0 Å². The molecule has 154 valence electrons. The molecule has 2 fully saturated rings. The molecule has 0 saturated carbocycles. The van der Waals surface area contributed by atoms with Gasteiger partial charge < -0.3 is 9.64 Å². The fraction of sp³-hybridized carbons (Fsp3) is 0.261. The second-order valence-corrected chi connectivity index (χ2v) is 8.24. The predicted octanol–water partition coefficient (Wildman–Crippen LogP) is 3.70. The zero-order valence-corrected chi connectivity index (χ0v) is 17.8. The van der Waals surface area contributed by atoms with Crippen LogP contribution in [0, 0.1) is 6.92 Å². The van der Waals surface area contributed by atoms with Crippen LogP contribution in [-0.2, 0) is 9.53 Å². The van der Waals surface area contributed by atoms with Gasteiger partial charge in [0.2, 0.25) is 0 Å². The van der Waals surface area contributed by atoms with E-state index in [9.17, 15) is 9.59 Å². The summed E-state index contributed by atoms with van der Waals surface area (Å²) in [5.41, 5.74) is 3.39. The molecule has 30 heavy (non-hydrogen) atoms. The summed E-state index contributed by atoms with van der Waals surface area (Å²) < 4.78 is 5.32. The standard InChI is InChI=1S/C23H23N3O3S/c1-16-6-8-17(9-7-16)14-20-22(28)25(2)23(30-20)24-19-5-3-4-18(15-19)21(27)26-10-12-29-13-11-26/h3-9,14-15H,10-13H2,1-2H3/b20-14+,24-23?. The van der Waals surface area contributed by atoms with E-state index in [4.69, 9.17) is 4.74 Å². The van der Waals surface area contributed by atoms with Crippen molar-refractivity contribution < 1.29 is 14.3 Å². The van der Waals surface area contributed by atoms with Crippen molar-refractivity contribution in [3.8, 4) is 0 Å². The quantitative estimate of drug-likeness (QED) is 0.709. The summed E-state index contributed by atoms with van der Waals surface area (Å²) >= 11 is 1.34. The molecule has 2 aromatic carbocycles. The maximum atomic E-state index is 12.7. The van der Waals surface area contributed by atoms with Gasteiger partial charge in [-0.25, -0.2) is 4.99 Å². The summed E-state index contributed by atoms with van der Waals surface area (Å²) in [4.78, 5) is 34.0. The van der Waals surface area contributed by atoms with Gasteiger partial charge in [-0.3, -0.25) is 14.5 Å². The lowest BCUT2D eigenvalue weighted by atomic mass is 10.1. The van der Waals surface area contributed by atoms with E-state index < -0.39 is 0 Å². The number of likely N-dealkylation sites (N-methyl/N-ethyl adjacent to an activating group) is 1. The lowest BCUT2D eigenvalue weighted by Gasteiger charge is -2.26. The number of hydrogen-bond acceptors (Lipinski definition) is 5. The number of benzene rings is 2. The molecule has 0 bridgehead atoms. The van der Waals surface area contributed by atoms with Gasteiger partial charge in [0.15, 0.2) is 5.17 Å². The second-order valence-electron chi connectivity index (χ2n) is 7.23. The Morgan fingerprint density at radius 2 is 1.87 bits per heavy atom. The minimum absolute atomic E-state index is 0.0242. The third kappa shape index (κ3) is 4.47. The topological polar surface area (TPSA) is 62.2 Å². The van der Waals surface area contributed by atoms with Crippen LogP contribution in [0.5, 0.6) is 0 Å². The lowest BCUT2D eigenvalue weighted by Crippen LogP contribution is -2.40. The average molecular weight is 422 g/mol. The number of amides is 2. The number of hydrogen-bond donors (Lipinski definition) is 0. The molecule has 2 aromatic rings. The van der Waals surface area contributed by atoms with E-state index in [1.54, 1.807) is 29.0 Å². The van der Waals surface area contributed by atoms with Gasteiger partial charge in [-0.05, 0) is 48.5 Å². The molecule has 2 aliphatic heterocycles. The lowest BCUT2D eigenvalue weighted by molar-refractivity contribution is -0.121. The Bertz CT molecular complexity index is 1020. The van der Waals surface area contributed by atoms with Crippen molar-refractivity contribution in [1.29, 1.82) is 0 Å². The Balaban J connectivity index is 1.55. The van der Waals surface area contributed by atoms with Crippen LogP contribution in [0.15, 0.2) is 58.4 Å². The highest BCUT2D eigenvalue weighted by atomic mass is 32.2. The summed E-state index contributed by atoms with van der Waals surface area (Å²) in [6.07, 6.45) is 1.88. The van der Waals surface area contributed by atoms with E-state index in [2.05, 4.69) is 4.99 Å². The Kier molecular flexibility index (Phi) is 6.01. The molecular weight excluding hydrogens is 398 g/mol. The minimum atomic E-state index is -0.0835. The smallest absolute Gasteiger partial charge is 0.266 e. The molecule has 6 nitrogen and oxygen atoms in total. The van der Waals surface area contributed by atoms with Gasteiger partial charge >= 0.3 is 0 Å². The molecule has 0 radical (unpaired) electrons. The fourth-order valence-electron chi connectivity index (χ4n) is 3.23. The highest BCUT2D eigenvalue weighted by molar-refractivity contribution is 8.18. The van der Waals surface area contributed by atoms with Gasteiger partial charge in [0.05, 0.1) is 23.8 Å². The summed E-state index contributed by atoms with van der Waals surface area (Å²) in [6.45, 7) is 4.35. The first-order valence-electron chi connectivity index (χ1n) is 9.81. The van der Waals surface area contributed by atoms with Gasteiger partial charge in [0.1, 0.15) is 0 Å². The number of aryl methyl sites for hydroxylation is 1. The minimum Gasteiger partial charge on any atom is -0.378 e. The Morgan fingerprint density at radius 3 is 2.60 bits per heavy atom. The van der Waals surface area contributed by atoms with Gasteiger partial charge in [-0.15, -0.1) is 0 Å². The number of carbonyl (C=O) groups excluding carboxylic acids is 2. The number of aliphatic imine (C=N–C) groups is 1. The summed E-state index contributed by atoms with van der Waals surface area (Å²) in [7, 11) is 1.72. The third-order valence-electron chi connectivity index (χ3n) is 4.99. The molecule has 0 unspecified atom stereocenters. The number of carbonyl (C=O) groups is 2. The average Bonchev–Trinajstić information content (AvgIpc) is 3.03. The van der Waals surface area contributed by atoms with Gasteiger partial charge in [0.25, 0.3) is 11.8 Å². The fourth-order valence-corrected chi connectivity index (χ4v) is 4.22. The van der Waals surface area contributed by atoms with Crippen molar-refractivity contribution in [3.05, 3.63) is 70.1 Å². The normalized spacial score (nSPS) is 19.7. The number of morpholine rings is 1. The van der Waals surface area contributed by atoms with Crippen molar-refractivity contribution in [2.75, 3.05) is 33.4 Å². The monoisotopic (exact) mass is 421 g/mol. The van der Waals surface area contributed by atoms with E-state index >= 15 is 0 Å². The second kappa shape index (κ2) is 8.85. The molecule has 4 rings (SSSR count). The highest BCUT2D eigenvalue weighted by Gasteiger charge is 2.30. The molecule has 2 aliphatic rings. The molecular formula is C23H23N3O3S. The maximum Gasteiger partial charge on any atom is 0.266 e. The van der Waals surface area contributed by atoms with Crippen LogP contribution < -0.4 is 0 Å². The van der Waals surface area contributed by atoms with Crippen LogP contribution in [-0.4, -0.2) is 60.1 Å². The summed E-state index contributed by atoms with van der Waals surface area (Å²) in [5, 5.41) is 0.592. The van der Waals surface area contributed by atoms with Gasteiger partial charge in [-0.2, -0.15) is 0 Å². The number of ether oxygens (including phenoxy) is 1. The van der Waals surface area contributed by atoms with E-state index in [-0.39, 0.29) is 11.8 Å². The van der Waals surface area contributed by atoms with E-state index in [0.717, 1.165) is 5.56 Å². The number of amidine groups is 1. The molecule has 0 aromatic heterocycles. The van der Waals surface area contributed by atoms with E-state index in [1.807, 2.05) is 49.4 Å². The zero-order chi connectivity index (χ0) is 21.1. The van der Waals surface area contributed by atoms with Crippen LogP contribution in [0.4, 0.5) is 5.69 Å². The van der Waals surface area contributed by atoms with E-state index in [1.165, 1.54) is 17.3 Å². The first-order valence-corrected chi connectivity index (χ1v) is 10.6. The largest absolute Gasteiger partial charge is 0.378 e. The molecule has 0 N–H and O–H groups in total. The van der Waals surface area contributed by atoms with Crippen molar-refractivity contribution in [1.82, 2.24) is 9.80 Å². The SMILES string of the molecule is Cc1ccc(/C=C2/SC(=Nc3cccc(C(=O)N4CCOCC4)c3)N(C)C2=O)cc1. The van der Waals surface area contributed by atoms with Crippen LogP contribution >= 0.6 is 11.8 Å². The molecule has 7 heteroatoms. The first kappa shape index (κ1) is 20.4. The van der Waals surface area contributed by atoms with Gasteiger partial charge in [-0.1, -0.05) is 35.9 Å². The molecule has 0 atom stereocenters. The Hall–Kier alpha value is -2.90. The first-order chi connectivity index (χ1) is 14.5. The maximum absolute atomic E-state index is 12.7. The van der Waals surface area contributed by atoms with Crippen molar-refractivity contribution in [2.45, 2.75) is 6.92 Å². The summed E-state index contributed by atoms with van der Waals surface area (Å²) in [6, 6.07) is 15.2. The van der Waals surface area contributed by atoms with Gasteiger partial charge in [0, 0.05) is 25.7 Å². The van der Waals surface area contributed by atoms with Crippen LogP contribution in [0.2, 0.25) is 0 Å². The van der Waals surface area contributed by atoms with Crippen molar-refractivity contribution >= 4 is 40.5 Å². The zero-order valence-electron chi connectivity index (χ0n) is 17.0. The predicted molar refractivity (Wildman–Crippen MR) is 120 cm³/mol. The number of nitrogens with zero attached hydrogens (tertiary/aromatic N) is 3. The molecule has 2 amide bonds. The van der Waals surface area contributed by atoms with Crippen molar-refractivity contribution in [3.63, 3.8) is 0 Å². The molecule has 0 aliphatic carbocycles. The molecule has 0 spiro atoms.